The molecule has 0 aliphatic heterocycles. The lowest BCUT2D eigenvalue weighted by molar-refractivity contribution is 0.263. The number of hydrogen-bond donors (Lipinski definition) is 0. The van der Waals surface area contributed by atoms with Gasteiger partial charge in [0.2, 0.25) is 5.88 Å². The van der Waals surface area contributed by atoms with Gasteiger partial charge in [0.25, 0.3) is 0 Å². The Hall–Kier alpha value is -1.48. The molecule has 0 aliphatic carbocycles. The minimum atomic E-state index is 0. The molecule has 0 unspecified atom stereocenters. The Balaban J connectivity index is 0.00000242. The topological polar surface area (TPSA) is 27.1 Å². The van der Waals surface area contributed by atoms with Crippen molar-refractivity contribution in [2.75, 3.05) is 6.61 Å². The molecule has 22 heavy (non-hydrogen) atoms. The van der Waals surface area contributed by atoms with Crippen LogP contribution in [0.2, 0.25) is 0 Å². The molecule has 2 heterocycles. The minimum Gasteiger partial charge on any atom is -0.476 e. The zero-order chi connectivity index (χ0) is 15.6. The van der Waals surface area contributed by atoms with Crippen molar-refractivity contribution in [3.63, 3.8) is 0 Å². The molecule has 0 radical (unpaired) electrons. The van der Waals surface area contributed by atoms with Gasteiger partial charge in [0, 0.05) is 23.8 Å². The van der Waals surface area contributed by atoms with Gasteiger partial charge in [-0.25, -0.2) is 4.98 Å². The molecular formula is C18H27ClN2O. The highest BCUT2D eigenvalue weighted by molar-refractivity contribution is 5.88. The summed E-state index contributed by atoms with van der Waals surface area (Å²) in [6, 6.07) is 2.08. The number of nitrogens with zero attached hydrogens (tertiary/aromatic N) is 2. The van der Waals surface area contributed by atoms with Crippen molar-refractivity contribution >= 4 is 23.3 Å². The number of rotatable bonds is 5. The van der Waals surface area contributed by atoms with Crippen LogP contribution in [-0.4, -0.2) is 16.2 Å². The average molecular weight is 323 g/mol. The monoisotopic (exact) mass is 322 g/mol. The lowest BCUT2D eigenvalue weighted by atomic mass is 10.2. The van der Waals surface area contributed by atoms with Crippen LogP contribution >= 0.6 is 12.4 Å². The summed E-state index contributed by atoms with van der Waals surface area (Å²) >= 11 is 0. The lowest BCUT2D eigenvalue weighted by Gasteiger charge is -2.12. The third-order valence-electron chi connectivity index (χ3n) is 3.75. The fourth-order valence-electron chi connectivity index (χ4n) is 2.42. The average Bonchev–Trinajstić information content (AvgIpc) is 2.67. The van der Waals surface area contributed by atoms with Crippen molar-refractivity contribution < 1.29 is 4.74 Å². The number of halogens is 1. The first kappa shape index (κ1) is 18.6. The zero-order valence-corrected chi connectivity index (χ0v) is 15.3. The Morgan fingerprint density at radius 1 is 1.32 bits per heavy atom. The van der Waals surface area contributed by atoms with E-state index in [4.69, 9.17) is 4.74 Å². The van der Waals surface area contributed by atoms with E-state index in [1.54, 1.807) is 0 Å². The van der Waals surface area contributed by atoms with Crippen molar-refractivity contribution in [2.45, 2.75) is 48.1 Å². The lowest BCUT2D eigenvalue weighted by Crippen LogP contribution is -2.07. The van der Waals surface area contributed by atoms with Gasteiger partial charge in [-0.2, -0.15) is 0 Å². The number of ether oxygens (including phenoxy) is 1. The second-order valence-electron chi connectivity index (χ2n) is 6.32. The van der Waals surface area contributed by atoms with Crippen LogP contribution in [0.15, 0.2) is 23.9 Å². The standard InChI is InChI=1S/C18H26N2O.ClH/c1-12(2)8-10-20-15(6)14(5)16-7-9-19-18(17(16)20)21-11-13(3)4;/h7-9,13H,10-11H2,1-6H3;1H. The largest absolute Gasteiger partial charge is 0.476 e. The van der Waals surface area contributed by atoms with Gasteiger partial charge in [0.05, 0.1) is 6.61 Å². The summed E-state index contributed by atoms with van der Waals surface area (Å²) in [4.78, 5) is 4.46. The van der Waals surface area contributed by atoms with E-state index >= 15 is 0 Å². The van der Waals surface area contributed by atoms with E-state index in [0.29, 0.717) is 12.5 Å². The van der Waals surface area contributed by atoms with Gasteiger partial charge in [0.15, 0.2) is 0 Å². The molecule has 0 amide bonds. The van der Waals surface area contributed by atoms with E-state index in [2.05, 4.69) is 63.2 Å². The molecule has 0 aliphatic rings. The number of aromatic nitrogens is 2. The van der Waals surface area contributed by atoms with Crippen LogP contribution in [0.5, 0.6) is 5.88 Å². The zero-order valence-electron chi connectivity index (χ0n) is 14.4. The number of aryl methyl sites for hydroxylation is 1. The fourth-order valence-corrected chi connectivity index (χ4v) is 2.42. The van der Waals surface area contributed by atoms with Gasteiger partial charge >= 0.3 is 0 Å². The Kier molecular flexibility index (Phi) is 6.48. The highest BCUT2D eigenvalue weighted by atomic mass is 35.5. The van der Waals surface area contributed by atoms with Gasteiger partial charge in [0.1, 0.15) is 5.52 Å². The molecule has 4 heteroatoms. The van der Waals surface area contributed by atoms with Crippen LogP contribution < -0.4 is 4.74 Å². The third-order valence-corrected chi connectivity index (χ3v) is 3.75. The maximum Gasteiger partial charge on any atom is 0.238 e. The van der Waals surface area contributed by atoms with Crippen LogP contribution in [0.4, 0.5) is 0 Å². The maximum absolute atomic E-state index is 5.94. The highest BCUT2D eigenvalue weighted by Crippen LogP contribution is 2.31. The first-order valence-electron chi connectivity index (χ1n) is 7.62. The molecular weight excluding hydrogens is 296 g/mol. The molecule has 2 rings (SSSR count). The summed E-state index contributed by atoms with van der Waals surface area (Å²) < 4.78 is 8.25. The summed E-state index contributed by atoms with van der Waals surface area (Å²) in [5, 5.41) is 1.24. The predicted octanol–water partition coefficient (Wildman–Crippen LogP) is 5.08. The Morgan fingerprint density at radius 3 is 2.59 bits per heavy atom. The van der Waals surface area contributed by atoms with Crippen molar-refractivity contribution in [3.8, 4) is 5.88 Å². The minimum absolute atomic E-state index is 0. The Bertz CT molecular complexity index is 667. The number of pyridine rings is 1. The Morgan fingerprint density at radius 2 is 2.00 bits per heavy atom. The molecule has 0 spiro atoms. The molecule has 0 N–H and O–H groups in total. The van der Waals surface area contributed by atoms with Crippen LogP contribution in [0.25, 0.3) is 10.9 Å². The predicted molar refractivity (Wildman–Crippen MR) is 96.2 cm³/mol. The molecule has 0 aromatic carbocycles. The van der Waals surface area contributed by atoms with E-state index < -0.39 is 0 Å². The quantitative estimate of drug-likeness (QED) is 0.718. The molecule has 122 valence electrons. The van der Waals surface area contributed by atoms with Crippen LogP contribution in [0.1, 0.15) is 39.0 Å². The molecule has 0 atom stereocenters. The number of fused-ring (bicyclic) bond motifs is 1. The van der Waals surface area contributed by atoms with E-state index in [0.717, 1.165) is 17.9 Å². The summed E-state index contributed by atoms with van der Waals surface area (Å²) in [6.45, 7) is 14.5. The van der Waals surface area contributed by atoms with Gasteiger partial charge in [-0.1, -0.05) is 25.5 Å². The number of hydrogen-bond acceptors (Lipinski definition) is 2. The molecule has 0 saturated heterocycles. The normalized spacial score (nSPS) is 10.7. The van der Waals surface area contributed by atoms with Crippen molar-refractivity contribution in [3.05, 3.63) is 35.2 Å². The SMILES string of the molecule is CC(C)=CCn1c(C)c(C)c2ccnc(OCC(C)C)c21.Cl. The molecule has 0 fully saturated rings. The second kappa shape index (κ2) is 7.68. The molecule has 3 nitrogen and oxygen atoms in total. The van der Waals surface area contributed by atoms with Gasteiger partial charge in [-0.05, 0) is 45.2 Å². The maximum atomic E-state index is 5.94. The molecule has 2 aromatic rings. The van der Waals surface area contributed by atoms with Crippen LogP contribution in [0.3, 0.4) is 0 Å². The van der Waals surface area contributed by atoms with E-state index in [1.165, 1.54) is 22.2 Å². The number of allylic oxidation sites excluding steroid dienone is 2. The van der Waals surface area contributed by atoms with E-state index in [-0.39, 0.29) is 12.4 Å². The van der Waals surface area contributed by atoms with Gasteiger partial charge in [-0.15, -0.1) is 12.4 Å². The first-order valence-corrected chi connectivity index (χ1v) is 7.62. The van der Waals surface area contributed by atoms with Crippen molar-refractivity contribution in [1.29, 1.82) is 0 Å². The van der Waals surface area contributed by atoms with Gasteiger partial charge in [-0.3, -0.25) is 0 Å². The van der Waals surface area contributed by atoms with Crippen LogP contribution in [-0.2, 0) is 6.54 Å². The summed E-state index contributed by atoms with van der Waals surface area (Å²) in [7, 11) is 0. The fraction of sp³-hybridized carbons (Fsp3) is 0.500. The second-order valence-corrected chi connectivity index (χ2v) is 6.32. The van der Waals surface area contributed by atoms with E-state index in [9.17, 15) is 0 Å². The summed E-state index contributed by atoms with van der Waals surface area (Å²) in [5.41, 5.74) is 5.03. The smallest absolute Gasteiger partial charge is 0.238 e. The molecule has 0 bridgehead atoms. The van der Waals surface area contributed by atoms with Crippen LogP contribution in [0, 0.1) is 19.8 Å². The summed E-state index contributed by atoms with van der Waals surface area (Å²) in [5.74, 6) is 1.24. The van der Waals surface area contributed by atoms with Crippen molar-refractivity contribution in [1.82, 2.24) is 9.55 Å². The molecule has 2 aromatic heterocycles. The Labute approximate surface area is 139 Å². The third kappa shape index (κ3) is 3.83. The van der Waals surface area contributed by atoms with Gasteiger partial charge < -0.3 is 9.30 Å². The highest BCUT2D eigenvalue weighted by Gasteiger charge is 2.15. The molecule has 0 saturated carbocycles. The van der Waals surface area contributed by atoms with E-state index in [1.807, 2.05) is 6.20 Å². The first-order chi connectivity index (χ1) is 9.91. The van der Waals surface area contributed by atoms with Crippen molar-refractivity contribution in [2.24, 2.45) is 5.92 Å². The summed E-state index contributed by atoms with van der Waals surface area (Å²) in [6.07, 6.45) is 4.08.